The number of carbonyl (C=O) groups is 1. The minimum Gasteiger partial charge on any atom is -0.396 e. The van der Waals surface area contributed by atoms with Crippen LogP contribution in [0.5, 0.6) is 0 Å². The third-order valence-electron chi connectivity index (χ3n) is 5.67. The van der Waals surface area contributed by atoms with Crippen LogP contribution in [0.15, 0.2) is 18.2 Å². The third-order valence-corrected chi connectivity index (χ3v) is 5.67. The molecule has 0 radical (unpaired) electrons. The van der Waals surface area contributed by atoms with Crippen LogP contribution >= 0.6 is 24.8 Å². The summed E-state index contributed by atoms with van der Waals surface area (Å²) < 4.78 is 5.03. The van der Waals surface area contributed by atoms with E-state index in [1.165, 1.54) is 0 Å². The molecule has 34 heavy (non-hydrogen) atoms. The highest BCUT2D eigenvalue weighted by Crippen LogP contribution is 2.27. The fraction of sp³-hybridized carbons (Fsp3) is 0.565. The molecule has 1 fully saturated rings. The summed E-state index contributed by atoms with van der Waals surface area (Å²) in [5.74, 6) is 0.795. The Balaban J connectivity index is 0.00000289. The number of aliphatic hydroxyl groups is 1. The minimum absolute atomic E-state index is 0. The zero-order chi connectivity index (χ0) is 22.9. The lowest BCUT2D eigenvalue weighted by Gasteiger charge is -2.34. The van der Waals surface area contributed by atoms with Gasteiger partial charge in [0.05, 0.1) is 18.0 Å². The van der Waals surface area contributed by atoms with E-state index in [0.29, 0.717) is 36.7 Å². The van der Waals surface area contributed by atoms with Crippen molar-refractivity contribution in [2.75, 3.05) is 32.2 Å². The number of hydrogen-bond acceptors (Lipinski definition) is 7. The second kappa shape index (κ2) is 14.9. The quantitative estimate of drug-likeness (QED) is 0.187. The maximum Gasteiger partial charge on any atom is 0.289 e. The van der Waals surface area contributed by atoms with Gasteiger partial charge in [0, 0.05) is 44.2 Å². The molecule has 1 amide bonds. The molecule has 1 saturated carbocycles. The number of fused-ring (bicyclic) bond motifs is 1. The molecule has 1 aromatic carbocycles. The van der Waals surface area contributed by atoms with Crippen molar-refractivity contribution in [1.82, 2.24) is 20.6 Å². The van der Waals surface area contributed by atoms with Crippen LogP contribution in [0.2, 0.25) is 0 Å². The van der Waals surface area contributed by atoms with Crippen molar-refractivity contribution in [3.05, 3.63) is 29.6 Å². The largest absolute Gasteiger partial charge is 0.396 e. The van der Waals surface area contributed by atoms with Gasteiger partial charge >= 0.3 is 0 Å². The van der Waals surface area contributed by atoms with Gasteiger partial charge in [0.15, 0.2) is 0 Å². The highest BCUT2D eigenvalue weighted by atomic mass is 35.5. The molecule has 11 heteroatoms. The number of hydrogen-bond donors (Lipinski definition) is 5. The van der Waals surface area contributed by atoms with E-state index in [0.717, 1.165) is 43.1 Å². The van der Waals surface area contributed by atoms with E-state index in [2.05, 4.69) is 25.9 Å². The van der Waals surface area contributed by atoms with Crippen molar-refractivity contribution in [3.8, 4) is 0 Å². The Morgan fingerprint density at radius 1 is 1.21 bits per heavy atom. The zero-order valence-electron chi connectivity index (χ0n) is 19.7. The first-order valence-corrected chi connectivity index (χ1v) is 11.3. The summed E-state index contributed by atoms with van der Waals surface area (Å²) in [5.41, 5.74) is 1.80. The van der Waals surface area contributed by atoms with Crippen molar-refractivity contribution in [2.45, 2.75) is 57.5 Å². The monoisotopic (exact) mass is 514 g/mol. The highest BCUT2D eigenvalue weighted by molar-refractivity contribution is 5.96. The van der Waals surface area contributed by atoms with E-state index in [9.17, 15) is 4.79 Å². The molecule has 9 nitrogen and oxygen atoms in total. The lowest BCUT2D eigenvalue weighted by molar-refractivity contribution is 0.0938. The number of amidine groups is 1. The first-order valence-electron chi connectivity index (χ1n) is 11.3. The summed E-state index contributed by atoms with van der Waals surface area (Å²) >= 11 is 0. The molecule has 3 rings (SSSR count). The third kappa shape index (κ3) is 8.23. The van der Waals surface area contributed by atoms with Gasteiger partial charge in [-0.2, -0.15) is 0 Å². The number of rotatable bonds is 10. The van der Waals surface area contributed by atoms with E-state index in [1.54, 1.807) is 7.11 Å². The smallest absolute Gasteiger partial charge is 0.289 e. The van der Waals surface area contributed by atoms with Crippen molar-refractivity contribution < 1.29 is 14.6 Å². The SMILES string of the molecule is COCCCNC(=O)c1nc(N[C@H]2CCCC[C@H]2NC(=N)CCO)c2cc(C)ccc2n1.Cl.Cl. The van der Waals surface area contributed by atoms with Gasteiger partial charge in [0.1, 0.15) is 5.82 Å². The van der Waals surface area contributed by atoms with Gasteiger partial charge in [-0.15, -0.1) is 24.8 Å². The summed E-state index contributed by atoms with van der Waals surface area (Å²) in [7, 11) is 1.63. The number of ether oxygens (including phenoxy) is 1. The van der Waals surface area contributed by atoms with Crippen molar-refractivity contribution in [2.24, 2.45) is 0 Å². The van der Waals surface area contributed by atoms with Gasteiger partial charge in [0.2, 0.25) is 5.82 Å². The molecular formula is C23H36Cl2N6O3. The van der Waals surface area contributed by atoms with E-state index in [-0.39, 0.29) is 55.2 Å². The summed E-state index contributed by atoms with van der Waals surface area (Å²) in [6.45, 7) is 3.04. The number of aliphatic hydroxyl groups excluding tert-OH is 1. The van der Waals surface area contributed by atoms with Gasteiger partial charge in [-0.1, -0.05) is 24.5 Å². The number of nitrogens with zero attached hydrogens (tertiary/aromatic N) is 2. The fourth-order valence-corrected chi connectivity index (χ4v) is 4.01. The molecule has 2 aromatic rings. The number of nitrogens with one attached hydrogen (secondary N) is 4. The van der Waals surface area contributed by atoms with E-state index in [1.807, 2.05) is 25.1 Å². The number of carbonyl (C=O) groups excluding carboxylic acids is 1. The maximum atomic E-state index is 12.7. The molecular weight excluding hydrogens is 479 g/mol. The average Bonchev–Trinajstić information content (AvgIpc) is 2.78. The Morgan fingerprint density at radius 3 is 2.65 bits per heavy atom. The second-order valence-corrected chi connectivity index (χ2v) is 8.26. The molecule has 0 aliphatic heterocycles. The van der Waals surface area contributed by atoms with Crippen LogP contribution < -0.4 is 16.0 Å². The highest BCUT2D eigenvalue weighted by Gasteiger charge is 2.27. The molecule has 2 atom stereocenters. The second-order valence-electron chi connectivity index (χ2n) is 8.26. The van der Waals surface area contributed by atoms with Crippen LogP contribution in [-0.4, -0.2) is 65.8 Å². The summed E-state index contributed by atoms with van der Waals surface area (Å²) in [6, 6.07) is 6.02. The Bertz CT molecular complexity index is 946. The van der Waals surface area contributed by atoms with Crippen LogP contribution in [0.25, 0.3) is 10.9 Å². The molecule has 1 aliphatic rings. The first-order chi connectivity index (χ1) is 15.5. The Hall–Kier alpha value is -2.20. The lowest BCUT2D eigenvalue weighted by Crippen LogP contribution is -2.48. The molecule has 0 saturated heterocycles. The van der Waals surface area contributed by atoms with Crippen LogP contribution in [0.3, 0.4) is 0 Å². The molecule has 0 unspecified atom stereocenters. The van der Waals surface area contributed by atoms with Crippen molar-refractivity contribution >= 4 is 53.3 Å². The van der Waals surface area contributed by atoms with Crippen LogP contribution in [0, 0.1) is 12.3 Å². The fourth-order valence-electron chi connectivity index (χ4n) is 4.01. The topological polar surface area (TPSA) is 132 Å². The lowest BCUT2D eigenvalue weighted by atomic mass is 9.90. The number of aromatic nitrogens is 2. The Morgan fingerprint density at radius 2 is 1.94 bits per heavy atom. The summed E-state index contributed by atoms with van der Waals surface area (Å²) in [4.78, 5) is 21.8. The Labute approximate surface area is 213 Å². The van der Waals surface area contributed by atoms with Gasteiger partial charge in [-0.25, -0.2) is 9.97 Å². The number of benzene rings is 1. The van der Waals surface area contributed by atoms with Gasteiger partial charge in [-0.3, -0.25) is 10.2 Å². The first kappa shape index (κ1) is 29.8. The van der Waals surface area contributed by atoms with E-state index < -0.39 is 0 Å². The maximum absolute atomic E-state index is 12.7. The number of methoxy groups -OCH3 is 1. The summed E-state index contributed by atoms with van der Waals surface area (Å²) in [5, 5.41) is 27.7. The van der Waals surface area contributed by atoms with E-state index >= 15 is 0 Å². The number of aryl methyl sites for hydroxylation is 1. The predicted molar refractivity (Wildman–Crippen MR) is 140 cm³/mol. The molecule has 0 spiro atoms. The van der Waals surface area contributed by atoms with Gasteiger partial charge in [0.25, 0.3) is 5.91 Å². The molecule has 5 N–H and O–H groups in total. The van der Waals surface area contributed by atoms with Crippen LogP contribution in [0.4, 0.5) is 5.82 Å². The number of anilines is 1. The molecule has 1 aliphatic carbocycles. The van der Waals surface area contributed by atoms with Gasteiger partial charge in [-0.05, 0) is 38.3 Å². The molecule has 1 aromatic heterocycles. The molecule has 190 valence electrons. The van der Waals surface area contributed by atoms with Crippen LogP contribution in [-0.2, 0) is 4.74 Å². The standard InChI is InChI=1S/C23H34N6O3.2ClH/c1-15-8-9-17-16(14-15)21(29-22(27-17)23(31)25-11-5-13-32-2)28-19-7-4-3-6-18(19)26-20(24)10-12-30;;/h8-9,14,18-19,30H,3-7,10-13H2,1-2H3,(H2,24,26)(H,25,31)(H,27,28,29);2*1H/t18-,19+;;/m1../s1. The van der Waals surface area contributed by atoms with Crippen molar-refractivity contribution in [3.63, 3.8) is 0 Å². The van der Waals surface area contributed by atoms with Crippen LogP contribution in [0.1, 0.15) is 54.7 Å². The summed E-state index contributed by atoms with van der Waals surface area (Å²) in [6.07, 6.45) is 5.06. The Kier molecular flexibility index (Phi) is 13.1. The van der Waals surface area contributed by atoms with Crippen molar-refractivity contribution in [1.29, 1.82) is 5.41 Å². The number of halogens is 2. The minimum atomic E-state index is -0.310. The average molecular weight is 515 g/mol. The predicted octanol–water partition coefficient (Wildman–Crippen LogP) is 3.22. The van der Waals surface area contributed by atoms with E-state index in [4.69, 9.17) is 15.3 Å². The molecule has 1 heterocycles. The van der Waals surface area contributed by atoms with Gasteiger partial charge < -0.3 is 25.8 Å². The molecule has 0 bridgehead atoms. The normalized spacial score (nSPS) is 17.3. The zero-order valence-corrected chi connectivity index (χ0v) is 21.4. The number of amides is 1.